The fourth-order valence-electron chi connectivity index (χ4n) is 4.30. The molecule has 0 aliphatic carbocycles. The molecule has 1 amide bonds. The molecule has 9 nitrogen and oxygen atoms in total. The molecular formula is C21H28N4O5S. The van der Waals surface area contributed by atoms with E-state index in [0.29, 0.717) is 25.2 Å². The Bertz CT molecular complexity index is 1030. The van der Waals surface area contributed by atoms with E-state index >= 15 is 0 Å². The number of aromatic nitrogens is 2. The Kier molecular flexibility index (Phi) is 6.80. The fraction of sp³-hybridized carbons (Fsp3) is 0.476. The van der Waals surface area contributed by atoms with Crippen LogP contribution in [0.3, 0.4) is 0 Å². The molecule has 0 saturated carbocycles. The summed E-state index contributed by atoms with van der Waals surface area (Å²) in [5.74, 6) is -0.753. The molecule has 0 unspecified atom stereocenters. The van der Waals surface area contributed by atoms with Gasteiger partial charge in [0.25, 0.3) is 11.9 Å². The van der Waals surface area contributed by atoms with E-state index in [1.54, 1.807) is 21.8 Å². The van der Waals surface area contributed by atoms with E-state index in [2.05, 4.69) is 5.10 Å². The molecule has 10 heteroatoms. The number of carbonyl (C=O) groups excluding carboxylic acids is 1. The van der Waals surface area contributed by atoms with E-state index in [4.69, 9.17) is 9.90 Å². The van der Waals surface area contributed by atoms with Crippen LogP contribution in [0.2, 0.25) is 0 Å². The summed E-state index contributed by atoms with van der Waals surface area (Å²) >= 11 is 0. The SMILES string of the molecule is CC(=O)O.CN(C)[C@@H]1CS(=O)(=O)[C@H]2CN(C(=O)c3cccc(Cn4cccn4)c3)C[C@@H]12. The van der Waals surface area contributed by atoms with Crippen molar-refractivity contribution in [3.8, 4) is 0 Å². The zero-order valence-electron chi connectivity index (χ0n) is 17.9. The fourth-order valence-corrected chi connectivity index (χ4v) is 6.77. The Balaban J connectivity index is 0.000000628. The molecule has 2 saturated heterocycles. The third-order valence-electron chi connectivity index (χ3n) is 5.70. The van der Waals surface area contributed by atoms with Gasteiger partial charge in [-0.2, -0.15) is 5.10 Å². The zero-order chi connectivity index (χ0) is 22.8. The molecule has 2 fully saturated rings. The van der Waals surface area contributed by atoms with Gasteiger partial charge in [-0.25, -0.2) is 8.42 Å². The topological polar surface area (TPSA) is 113 Å². The summed E-state index contributed by atoms with van der Waals surface area (Å²) in [6.07, 6.45) is 3.60. The maximum atomic E-state index is 13.0. The number of carboxylic acid groups (broad SMARTS) is 1. The Hall–Kier alpha value is -2.72. The number of fused-ring (bicyclic) bond motifs is 1. The normalized spacial score (nSPS) is 23.9. The van der Waals surface area contributed by atoms with Crippen molar-refractivity contribution in [3.05, 3.63) is 53.9 Å². The quantitative estimate of drug-likeness (QED) is 0.737. The van der Waals surface area contributed by atoms with Crippen molar-refractivity contribution >= 4 is 21.7 Å². The Morgan fingerprint density at radius 1 is 1.23 bits per heavy atom. The minimum absolute atomic E-state index is 0.0128. The highest BCUT2D eigenvalue weighted by atomic mass is 32.2. The summed E-state index contributed by atoms with van der Waals surface area (Å²) in [4.78, 5) is 25.7. The lowest BCUT2D eigenvalue weighted by molar-refractivity contribution is -0.134. The summed E-state index contributed by atoms with van der Waals surface area (Å²) < 4.78 is 26.8. The van der Waals surface area contributed by atoms with Crippen LogP contribution < -0.4 is 0 Å². The van der Waals surface area contributed by atoms with Crippen molar-refractivity contribution in [2.75, 3.05) is 32.9 Å². The third-order valence-corrected chi connectivity index (χ3v) is 7.92. The van der Waals surface area contributed by atoms with Crippen LogP contribution in [0.1, 0.15) is 22.8 Å². The van der Waals surface area contributed by atoms with Crippen LogP contribution in [0, 0.1) is 5.92 Å². The van der Waals surface area contributed by atoms with Crippen molar-refractivity contribution in [1.29, 1.82) is 0 Å². The molecule has 3 heterocycles. The van der Waals surface area contributed by atoms with E-state index in [1.165, 1.54) is 0 Å². The van der Waals surface area contributed by atoms with E-state index in [0.717, 1.165) is 12.5 Å². The third kappa shape index (κ3) is 5.31. The second kappa shape index (κ2) is 9.19. The largest absolute Gasteiger partial charge is 0.481 e. The van der Waals surface area contributed by atoms with Gasteiger partial charge in [0.1, 0.15) is 0 Å². The summed E-state index contributed by atoms with van der Waals surface area (Å²) in [6, 6.07) is 9.33. The molecule has 0 bridgehead atoms. The average Bonchev–Trinajstić information content (AvgIpc) is 3.39. The van der Waals surface area contributed by atoms with E-state index in [-0.39, 0.29) is 23.6 Å². The zero-order valence-corrected chi connectivity index (χ0v) is 18.7. The molecular weight excluding hydrogens is 420 g/mol. The Labute approximate surface area is 182 Å². The molecule has 4 rings (SSSR count). The van der Waals surface area contributed by atoms with E-state index in [1.807, 2.05) is 49.5 Å². The molecule has 1 aromatic carbocycles. The first-order valence-electron chi connectivity index (χ1n) is 10.0. The molecule has 0 radical (unpaired) electrons. The standard InChI is InChI=1S/C19H24N4O3S.C2H4O2/c1-21(2)17-13-27(25,26)18-12-22(11-16(17)18)19(24)15-6-3-5-14(9-15)10-23-8-4-7-20-23;1-2(3)4/h3-9,16-18H,10-13H2,1-2H3;1H3,(H,3,4)/t16-,17+,18-;/m0./s1. The van der Waals surface area contributed by atoms with Crippen molar-refractivity contribution in [2.24, 2.45) is 5.92 Å². The predicted octanol–water partition coefficient (Wildman–Crippen LogP) is 0.822. The smallest absolute Gasteiger partial charge is 0.300 e. The molecule has 168 valence electrons. The molecule has 31 heavy (non-hydrogen) atoms. The van der Waals surface area contributed by atoms with Crippen molar-refractivity contribution < 1.29 is 23.1 Å². The van der Waals surface area contributed by atoms with Gasteiger partial charge in [0.15, 0.2) is 9.84 Å². The lowest BCUT2D eigenvalue weighted by Crippen LogP contribution is -2.38. The first-order chi connectivity index (χ1) is 14.6. The van der Waals surface area contributed by atoms with Crippen LogP contribution in [0.25, 0.3) is 0 Å². The first kappa shape index (κ1) is 23.0. The van der Waals surface area contributed by atoms with Crippen LogP contribution in [-0.2, 0) is 21.2 Å². The number of hydrogen-bond donors (Lipinski definition) is 1. The number of carboxylic acids is 1. The lowest BCUT2D eigenvalue weighted by atomic mass is 10.00. The molecule has 1 aromatic heterocycles. The van der Waals surface area contributed by atoms with Gasteiger partial charge in [0.2, 0.25) is 0 Å². The van der Waals surface area contributed by atoms with E-state index in [9.17, 15) is 13.2 Å². The second-order valence-corrected chi connectivity index (χ2v) is 10.5. The van der Waals surface area contributed by atoms with Crippen LogP contribution in [0.5, 0.6) is 0 Å². The summed E-state index contributed by atoms with van der Waals surface area (Å²) in [7, 11) is 0.661. The van der Waals surface area contributed by atoms with Gasteiger partial charge in [-0.15, -0.1) is 0 Å². The van der Waals surface area contributed by atoms with Gasteiger partial charge in [-0.3, -0.25) is 14.3 Å². The number of hydrogen-bond acceptors (Lipinski definition) is 6. The highest BCUT2D eigenvalue weighted by molar-refractivity contribution is 7.92. The maximum absolute atomic E-state index is 13.0. The van der Waals surface area contributed by atoms with Crippen molar-refractivity contribution in [2.45, 2.75) is 24.8 Å². The summed E-state index contributed by atoms with van der Waals surface area (Å²) in [6.45, 7) is 2.46. The van der Waals surface area contributed by atoms with Crippen molar-refractivity contribution in [3.63, 3.8) is 0 Å². The number of likely N-dealkylation sites (tertiary alicyclic amines) is 1. The Morgan fingerprint density at radius 3 is 2.55 bits per heavy atom. The number of benzene rings is 1. The second-order valence-electron chi connectivity index (χ2n) is 8.20. The van der Waals surface area contributed by atoms with Gasteiger partial charge in [-0.1, -0.05) is 12.1 Å². The molecule has 2 aliphatic rings. The van der Waals surface area contributed by atoms with Crippen LogP contribution in [-0.4, -0.2) is 89.2 Å². The lowest BCUT2D eigenvalue weighted by Gasteiger charge is -2.25. The molecule has 1 N–H and O–H groups in total. The molecule has 3 atom stereocenters. The highest BCUT2D eigenvalue weighted by Crippen LogP contribution is 2.36. The minimum atomic E-state index is -3.16. The van der Waals surface area contributed by atoms with Gasteiger partial charge < -0.3 is 14.9 Å². The van der Waals surface area contributed by atoms with Gasteiger partial charge >= 0.3 is 0 Å². The van der Waals surface area contributed by atoms with E-state index < -0.39 is 21.1 Å². The monoisotopic (exact) mass is 448 g/mol. The van der Waals surface area contributed by atoms with Crippen LogP contribution in [0.4, 0.5) is 0 Å². The van der Waals surface area contributed by atoms with Gasteiger partial charge in [0, 0.05) is 49.9 Å². The predicted molar refractivity (Wildman–Crippen MR) is 116 cm³/mol. The average molecular weight is 449 g/mol. The van der Waals surface area contributed by atoms with Crippen molar-refractivity contribution in [1.82, 2.24) is 19.6 Å². The number of rotatable bonds is 4. The molecule has 2 aromatic rings. The van der Waals surface area contributed by atoms with Crippen LogP contribution >= 0.6 is 0 Å². The number of carbonyl (C=O) groups is 2. The number of sulfone groups is 1. The Morgan fingerprint density at radius 2 is 1.94 bits per heavy atom. The first-order valence-corrected chi connectivity index (χ1v) is 11.7. The molecule has 2 aliphatic heterocycles. The van der Waals surface area contributed by atoms with Gasteiger partial charge in [-0.05, 0) is 37.9 Å². The minimum Gasteiger partial charge on any atom is -0.481 e. The maximum Gasteiger partial charge on any atom is 0.300 e. The molecule has 0 spiro atoms. The highest BCUT2D eigenvalue weighted by Gasteiger charge is 2.53. The number of amides is 1. The summed E-state index contributed by atoms with van der Waals surface area (Å²) in [5, 5.41) is 11.2. The van der Waals surface area contributed by atoms with Crippen LogP contribution in [0.15, 0.2) is 42.7 Å². The number of nitrogens with zero attached hydrogens (tertiary/aromatic N) is 4. The summed E-state index contributed by atoms with van der Waals surface area (Å²) in [5.41, 5.74) is 1.58. The number of aliphatic carboxylic acids is 1. The van der Waals surface area contributed by atoms with Gasteiger partial charge in [0.05, 0.1) is 17.5 Å².